The molecular weight excluding hydrogens is 212 g/mol. The molecule has 1 saturated carbocycles. The molecule has 2 unspecified atom stereocenters. The van der Waals surface area contributed by atoms with Crippen LogP contribution in [0.15, 0.2) is 0 Å². The van der Waals surface area contributed by atoms with Crippen LogP contribution in [0.4, 0.5) is 0 Å². The fourth-order valence-corrected chi connectivity index (χ4v) is 1.95. The van der Waals surface area contributed by atoms with E-state index in [1.165, 1.54) is 4.68 Å². The van der Waals surface area contributed by atoms with Gasteiger partial charge in [0.25, 0.3) is 5.82 Å². The molecule has 0 saturated heterocycles. The fourth-order valence-electron chi connectivity index (χ4n) is 1.95. The van der Waals surface area contributed by atoms with Gasteiger partial charge >= 0.3 is 5.97 Å². The van der Waals surface area contributed by atoms with Gasteiger partial charge in [0.2, 0.25) is 0 Å². The van der Waals surface area contributed by atoms with Crippen LogP contribution in [0.5, 0.6) is 0 Å². The molecule has 1 N–H and O–H groups in total. The van der Waals surface area contributed by atoms with Crippen LogP contribution in [-0.2, 0) is 4.74 Å². The molecule has 16 heavy (non-hydrogen) atoms. The maximum absolute atomic E-state index is 11.5. The van der Waals surface area contributed by atoms with Crippen molar-refractivity contribution in [1.82, 2.24) is 20.2 Å². The number of nitrogens with zero attached hydrogens (tertiary/aromatic N) is 4. The van der Waals surface area contributed by atoms with E-state index in [0.29, 0.717) is 6.42 Å². The van der Waals surface area contributed by atoms with Crippen molar-refractivity contribution < 1.29 is 14.6 Å². The largest absolute Gasteiger partial charge is 0.460 e. The molecule has 0 radical (unpaired) electrons. The molecule has 88 valence electrons. The highest BCUT2D eigenvalue weighted by Gasteiger charge is 2.32. The third-order valence-corrected chi connectivity index (χ3v) is 2.71. The van der Waals surface area contributed by atoms with Crippen LogP contribution in [0.25, 0.3) is 0 Å². The average molecular weight is 226 g/mol. The lowest BCUT2D eigenvalue weighted by Gasteiger charge is -2.14. The molecule has 0 spiro atoms. The summed E-state index contributed by atoms with van der Waals surface area (Å²) in [6.07, 6.45) is 1.91. The summed E-state index contributed by atoms with van der Waals surface area (Å²) in [6.45, 7) is 2.00. The van der Waals surface area contributed by atoms with E-state index < -0.39 is 12.1 Å². The summed E-state index contributed by atoms with van der Waals surface area (Å²) in [4.78, 5) is 11.5. The van der Waals surface area contributed by atoms with Gasteiger partial charge in [-0.15, -0.1) is 5.10 Å². The standard InChI is InChI=1S/C9H14N4O3/c1-2-16-9(15)8-10-11-12-13(8)6-4-3-5-7(6)14/h6-7,14H,2-5H2,1H3. The number of rotatable bonds is 3. The molecule has 0 aromatic carbocycles. The number of carbonyl (C=O) groups excluding carboxylic acids is 1. The van der Waals surface area contributed by atoms with Crippen LogP contribution in [-0.4, -0.2) is 44.0 Å². The fraction of sp³-hybridized carbons (Fsp3) is 0.778. The summed E-state index contributed by atoms with van der Waals surface area (Å²) in [5, 5.41) is 20.6. The summed E-state index contributed by atoms with van der Waals surface area (Å²) < 4.78 is 6.21. The van der Waals surface area contributed by atoms with Crippen molar-refractivity contribution in [2.24, 2.45) is 0 Å². The lowest BCUT2D eigenvalue weighted by molar-refractivity contribution is 0.0491. The minimum absolute atomic E-state index is 0.0628. The summed E-state index contributed by atoms with van der Waals surface area (Å²) >= 11 is 0. The molecule has 1 aromatic rings. The van der Waals surface area contributed by atoms with E-state index in [9.17, 15) is 9.90 Å². The highest BCUT2D eigenvalue weighted by molar-refractivity contribution is 5.85. The predicted molar refractivity (Wildman–Crippen MR) is 52.7 cm³/mol. The van der Waals surface area contributed by atoms with Crippen LogP contribution in [0.3, 0.4) is 0 Å². The number of hydrogen-bond donors (Lipinski definition) is 1. The third kappa shape index (κ3) is 1.90. The first kappa shape index (κ1) is 11.0. The second-order valence-electron chi connectivity index (χ2n) is 3.73. The Balaban J connectivity index is 2.21. The Kier molecular flexibility index (Phi) is 3.14. The van der Waals surface area contributed by atoms with Gasteiger partial charge in [0.05, 0.1) is 18.8 Å². The Hall–Kier alpha value is -1.50. The van der Waals surface area contributed by atoms with Crippen molar-refractivity contribution in [3.8, 4) is 0 Å². The Labute approximate surface area is 92.4 Å². The minimum Gasteiger partial charge on any atom is -0.460 e. The molecule has 7 heteroatoms. The van der Waals surface area contributed by atoms with Gasteiger partial charge in [-0.1, -0.05) is 0 Å². The van der Waals surface area contributed by atoms with Crippen molar-refractivity contribution in [3.05, 3.63) is 5.82 Å². The lowest BCUT2D eigenvalue weighted by atomic mass is 10.2. The smallest absolute Gasteiger partial charge is 0.378 e. The Bertz CT molecular complexity index is 379. The number of aliphatic hydroxyl groups excluding tert-OH is 1. The predicted octanol–water partition coefficient (Wildman–Crippen LogP) is -0.0643. The molecule has 1 fully saturated rings. The third-order valence-electron chi connectivity index (χ3n) is 2.71. The Morgan fingerprint density at radius 2 is 2.44 bits per heavy atom. The quantitative estimate of drug-likeness (QED) is 0.726. The van der Waals surface area contributed by atoms with Gasteiger partial charge in [-0.05, 0) is 36.6 Å². The molecule has 2 rings (SSSR count). The van der Waals surface area contributed by atoms with Crippen molar-refractivity contribution in [2.75, 3.05) is 6.61 Å². The molecule has 1 heterocycles. The first-order chi connectivity index (χ1) is 7.74. The molecule has 1 aromatic heterocycles. The minimum atomic E-state index is -0.549. The molecule has 1 aliphatic carbocycles. The topological polar surface area (TPSA) is 90.1 Å². The maximum Gasteiger partial charge on any atom is 0.378 e. The molecule has 1 aliphatic rings. The van der Waals surface area contributed by atoms with Crippen molar-refractivity contribution in [2.45, 2.75) is 38.3 Å². The van der Waals surface area contributed by atoms with Gasteiger partial charge in [0, 0.05) is 0 Å². The summed E-state index contributed by atoms with van der Waals surface area (Å²) in [6, 6.07) is -0.214. The number of hydrogen-bond acceptors (Lipinski definition) is 6. The highest BCUT2D eigenvalue weighted by atomic mass is 16.5. The second kappa shape index (κ2) is 4.56. The monoisotopic (exact) mass is 226 g/mol. The number of carbonyl (C=O) groups is 1. The number of aliphatic hydroxyl groups is 1. The normalized spacial score (nSPS) is 24.6. The highest BCUT2D eigenvalue weighted by Crippen LogP contribution is 2.29. The van der Waals surface area contributed by atoms with E-state index in [-0.39, 0.29) is 18.5 Å². The number of esters is 1. The second-order valence-corrected chi connectivity index (χ2v) is 3.73. The maximum atomic E-state index is 11.5. The lowest BCUT2D eigenvalue weighted by Crippen LogP contribution is -2.24. The van der Waals surface area contributed by atoms with E-state index in [4.69, 9.17) is 4.74 Å². The molecule has 7 nitrogen and oxygen atoms in total. The Morgan fingerprint density at radius 1 is 1.62 bits per heavy atom. The zero-order valence-corrected chi connectivity index (χ0v) is 9.04. The van der Waals surface area contributed by atoms with E-state index in [1.54, 1.807) is 6.92 Å². The van der Waals surface area contributed by atoms with Gasteiger partial charge < -0.3 is 9.84 Å². The van der Waals surface area contributed by atoms with Gasteiger partial charge in [0.1, 0.15) is 0 Å². The SMILES string of the molecule is CCOC(=O)c1nnnn1C1CCCC1O. The first-order valence-electron chi connectivity index (χ1n) is 5.37. The van der Waals surface area contributed by atoms with Crippen LogP contribution in [0.2, 0.25) is 0 Å². The van der Waals surface area contributed by atoms with Gasteiger partial charge in [-0.2, -0.15) is 0 Å². The number of tetrazole rings is 1. The van der Waals surface area contributed by atoms with Crippen LogP contribution in [0.1, 0.15) is 42.8 Å². The number of ether oxygens (including phenoxy) is 1. The summed E-state index contributed by atoms with van der Waals surface area (Å²) in [5.41, 5.74) is 0. The van der Waals surface area contributed by atoms with Crippen LogP contribution >= 0.6 is 0 Å². The summed E-state index contributed by atoms with van der Waals surface area (Å²) in [5.74, 6) is -0.487. The van der Waals surface area contributed by atoms with Crippen molar-refractivity contribution in [1.29, 1.82) is 0 Å². The zero-order chi connectivity index (χ0) is 11.5. The van der Waals surface area contributed by atoms with E-state index in [0.717, 1.165) is 12.8 Å². The van der Waals surface area contributed by atoms with E-state index in [2.05, 4.69) is 15.5 Å². The zero-order valence-electron chi connectivity index (χ0n) is 9.04. The Morgan fingerprint density at radius 3 is 3.06 bits per heavy atom. The molecular formula is C9H14N4O3. The first-order valence-corrected chi connectivity index (χ1v) is 5.37. The van der Waals surface area contributed by atoms with Gasteiger partial charge in [0.15, 0.2) is 0 Å². The number of aromatic nitrogens is 4. The van der Waals surface area contributed by atoms with Gasteiger partial charge in [-0.3, -0.25) is 0 Å². The summed E-state index contributed by atoms with van der Waals surface area (Å²) in [7, 11) is 0. The van der Waals surface area contributed by atoms with Crippen molar-refractivity contribution >= 4 is 5.97 Å². The molecule has 0 bridgehead atoms. The molecule has 0 aliphatic heterocycles. The van der Waals surface area contributed by atoms with E-state index >= 15 is 0 Å². The average Bonchev–Trinajstić information content (AvgIpc) is 2.85. The van der Waals surface area contributed by atoms with Gasteiger partial charge in [-0.25, -0.2) is 9.48 Å². The van der Waals surface area contributed by atoms with E-state index in [1.807, 2.05) is 0 Å². The van der Waals surface area contributed by atoms with Crippen LogP contribution < -0.4 is 0 Å². The molecule has 0 amide bonds. The van der Waals surface area contributed by atoms with Crippen LogP contribution in [0, 0.1) is 0 Å². The van der Waals surface area contributed by atoms with Crippen molar-refractivity contribution in [3.63, 3.8) is 0 Å². The molecule has 2 atom stereocenters.